The lowest BCUT2D eigenvalue weighted by atomic mass is 9.81. The maximum atomic E-state index is 11.2. The zero-order valence-corrected chi connectivity index (χ0v) is 12.0. The van der Waals surface area contributed by atoms with Crippen LogP contribution in [0, 0.1) is 11.8 Å². The van der Waals surface area contributed by atoms with Crippen LogP contribution in [0.5, 0.6) is 0 Å². The van der Waals surface area contributed by atoms with E-state index in [0.29, 0.717) is 0 Å². The number of hydrogen-bond acceptors (Lipinski definition) is 2. The van der Waals surface area contributed by atoms with Crippen LogP contribution in [0.4, 0.5) is 0 Å². The molecule has 1 aliphatic carbocycles. The van der Waals surface area contributed by atoms with E-state index in [0.717, 1.165) is 18.4 Å². The SMILES string of the molecule is CC(=O)N(C)CC1CCC(CN2CCCC2)CC1. The minimum atomic E-state index is 0.203. The highest BCUT2D eigenvalue weighted by Gasteiger charge is 2.25. The van der Waals surface area contributed by atoms with Crippen molar-refractivity contribution >= 4 is 5.91 Å². The predicted octanol–water partition coefficient (Wildman–Crippen LogP) is 2.37. The maximum Gasteiger partial charge on any atom is 0.219 e. The Bertz CT molecular complexity index is 266. The van der Waals surface area contributed by atoms with Crippen molar-refractivity contribution in [2.24, 2.45) is 11.8 Å². The molecule has 18 heavy (non-hydrogen) atoms. The van der Waals surface area contributed by atoms with Crippen molar-refractivity contribution in [2.45, 2.75) is 45.4 Å². The first-order valence-corrected chi connectivity index (χ1v) is 7.59. The van der Waals surface area contributed by atoms with E-state index in [1.807, 2.05) is 11.9 Å². The minimum absolute atomic E-state index is 0.203. The van der Waals surface area contributed by atoms with Gasteiger partial charge >= 0.3 is 0 Å². The molecule has 2 rings (SSSR count). The molecule has 0 radical (unpaired) electrons. The molecule has 1 saturated carbocycles. The molecule has 0 spiro atoms. The van der Waals surface area contributed by atoms with Crippen LogP contribution >= 0.6 is 0 Å². The Morgan fingerprint density at radius 2 is 1.67 bits per heavy atom. The second-order valence-corrected chi connectivity index (χ2v) is 6.29. The van der Waals surface area contributed by atoms with Gasteiger partial charge in [-0.2, -0.15) is 0 Å². The number of amides is 1. The summed E-state index contributed by atoms with van der Waals surface area (Å²) < 4.78 is 0. The van der Waals surface area contributed by atoms with Crippen LogP contribution < -0.4 is 0 Å². The van der Waals surface area contributed by atoms with Crippen LogP contribution in [0.1, 0.15) is 45.4 Å². The van der Waals surface area contributed by atoms with E-state index in [1.54, 1.807) is 6.92 Å². The van der Waals surface area contributed by atoms with E-state index >= 15 is 0 Å². The third kappa shape index (κ3) is 3.98. The summed E-state index contributed by atoms with van der Waals surface area (Å²) in [6, 6.07) is 0. The van der Waals surface area contributed by atoms with Crippen molar-refractivity contribution < 1.29 is 4.79 Å². The number of likely N-dealkylation sites (tertiary alicyclic amines) is 1. The van der Waals surface area contributed by atoms with Crippen LogP contribution in [0.2, 0.25) is 0 Å². The number of rotatable bonds is 4. The van der Waals surface area contributed by atoms with Gasteiger partial charge in [-0.25, -0.2) is 0 Å². The molecule has 0 aromatic heterocycles. The smallest absolute Gasteiger partial charge is 0.219 e. The fourth-order valence-corrected chi connectivity index (χ4v) is 3.44. The van der Waals surface area contributed by atoms with Crippen molar-refractivity contribution in [3.05, 3.63) is 0 Å². The van der Waals surface area contributed by atoms with E-state index in [9.17, 15) is 4.79 Å². The summed E-state index contributed by atoms with van der Waals surface area (Å²) in [5.41, 5.74) is 0. The van der Waals surface area contributed by atoms with E-state index < -0.39 is 0 Å². The van der Waals surface area contributed by atoms with Gasteiger partial charge in [-0.05, 0) is 63.5 Å². The highest BCUT2D eigenvalue weighted by atomic mass is 16.2. The predicted molar refractivity (Wildman–Crippen MR) is 74.4 cm³/mol. The van der Waals surface area contributed by atoms with Crippen molar-refractivity contribution in [1.29, 1.82) is 0 Å². The molecule has 104 valence electrons. The molecule has 0 bridgehead atoms. The van der Waals surface area contributed by atoms with Crippen LogP contribution in [0.15, 0.2) is 0 Å². The summed E-state index contributed by atoms with van der Waals surface area (Å²) in [6.07, 6.45) is 8.17. The highest BCUT2D eigenvalue weighted by Crippen LogP contribution is 2.30. The first-order valence-electron chi connectivity index (χ1n) is 7.59. The molecule has 0 aromatic rings. The average molecular weight is 252 g/mol. The summed E-state index contributed by atoms with van der Waals surface area (Å²) >= 11 is 0. The third-order valence-corrected chi connectivity index (χ3v) is 4.75. The van der Waals surface area contributed by atoms with Gasteiger partial charge in [0.2, 0.25) is 5.91 Å². The minimum Gasteiger partial charge on any atom is -0.346 e. The summed E-state index contributed by atoms with van der Waals surface area (Å²) in [5, 5.41) is 0. The van der Waals surface area contributed by atoms with Gasteiger partial charge in [0, 0.05) is 27.1 Å². The number of carbonyl (C=O) groups is 1. The Hall–Kier alpha value is -0.570. The van der Waals surface area contributed by atoms with Crippen molar-refractivity contribution in [3.8, 4) is 0 Å². The van der Waals surface area contributed by atoms with Crippen LogP contribution in [-0.4, -0.2) is 48.9 Å². The van der Waals surface area contributed by atoms with Crippen LogP contribution in [0.25, 0.3) is 0 Å². The standard InChI is InChI=1S/C15H28N2O/c1-13(18)16(2)11-14-5-7-15(8-6-14)12-17-9-3-4-10-17/h14-15H,3-12H2,1-2H3. The molecule has 3 heteroatoms. The molecule has 1 amide bonds. The number of hydrogen-bond donors (Lipinski definition) is 0. The molecule has 2 aliphatic rings. The second kappa shape index (κ2) is 6.55. The first-order chi connectivity index (χ1) is 8.65. The van der Waals surface area contributed by atoms with Gasteiger partial charge in [-0.1, -0.05) is 0 Å². The maximum absolute atomic E-state index is 11.2. The molecule has 1 heterocycles. The monoisotopic (exact) mass is 252 g/mol. The van der Waals surface area contributed by atoms with Crippen molar-refractivity contribution in [2.75, 3.05) is 33.2 Å². The zero-order chi connectivity index (χ0) is 13.0. The van der Waals surface area contributed by atoms with Crippen LogP contribution in [0.3, 0.4) is 0 Å². The molecule has 1 saturated heterocycles. The average Bonchev–Trinajstić information content (AvgIpc) is 2.84. The molecule has 1 aliphatic heterocycles. The fourth-order valence-electron chi connectivity index (χ4n) is 3.44. The second-order valence-electron chi connectivity index (χ2n) is 6.29. The molecule has 3 nitrogen and oxygen atoms in total. The Morgan fingerprint density at radius 1 is 1.11 bits per heavy atom. The molecule has 2 fully saturated rings. The molecule has 0 atom stereocenters. The van der Waals surface area contributed by atoms with Gasteiger partial charge in [-0.15, -0.1) is 0 Å². The molecule has 0 aromatic carbocycles. The highest BCUT2D eigenvalue weighted by molar-refractivity contribution is 5.72. The summed E-state index contributed by atoms with van der Waals surface area (Å²) in [7, 11) is 1.93. The Labute approximate surface area is 112 Å². The largest absolute Gasteiger partial charge is 0.346 e. The molecular weight excluding hydrogens is 224 g/mol. The zero-order valence-electron chi connectivity index (χ0n) is 12.0. The molecule has 0 N–H and O–H groups in total. The summed E-state index contributed by atoms with van der Waals surface area (Å²) in [4.78, 5) is 15.8. The molecular formula is C15H28N2O. The van der Waals surface area contributed by atoms with E-state index in [2.05, 4.69) is 4.90 Å². The van der Waals surface area contributed by atoms with E-state index in [-0.39, 0.29) is 5.91 Å². The normalized spacial score (nSPS) is 29.4. The quantitative estimate of drug-likeness (QED) is 0.767. The lowest BCUT2D eigenvalue weighted by Crippen LogP contribution is -2.34. The summed E-state index contributed by atoms with van der Waals surface area (Å²) in [5.74, 6) is 1.87. The molecule has 0 unspecified atom stereocenters. The van der Waals surface area contributed by atoms with Crippen LogP contribution in [-0.2, 0) is 4.79 Å². The van der Waals surface area contributed by atoms with Gasteiger partial charge in [0.25, 0.3) is 0 Å². The topological polar surface area (TPSA) is 23.6 Å². The summed E-state index contributed by atoms with van der Waals surface area (Å²) in [6.45, 7) is 6.61. The Balaban J connectivity index is 1.66. The van der Waals surface area contributed by atoms with Gasteiger partial charge in [0.1, 0.15) is 0 Å². The van der Waals surface area contributed by atoms with E-state index in [1.165, 1.54) is 58.2 Å². The van der Waals surface area contributed by atoms with Gasteiger partial charge in [-0.3, -0.25) is 4.79 Å². The lowest BCUT2D eigenvalue weighted by Gasteiger charge is -2.32. The Morgan fingerprint density at radius 3 is 2.22 bits per heavy atom. The van der Waals surface area contributed by atoms with Gasteiger partial charge in [0.15, 0.2) is 0 Å². The number of nitrogens with zero attached hydrogens (tertiary/aromatic N) is 2. The lowest BCUT2D eigenvalue weighted by molar-refractivity contribution is -0.128. The first kappa shape index (κ1) is 13.9. The fraction of sp³-hybridized carbons (Fsp3) is 0.933. The van der Waals surface area contributed by atoms with Crippen molar-refractivity contribution in [3.63, 3.8) is 0 Å². The number of carbonyl (C=O) groups excluding carboxylic acids is 1. The van der Waals surface area contributed by atoms with Gasteiger partial charge < -0.3 is 9.80 Å². The Kier molecular flexibility index (Phi) is 5.04. The van der Waals surface area contributed by atoms with Gasteiger partial charge in [0.05, 0.1) is 0 Å². The van der Waals surface area contributed by atoms with Crippen molar-refractivity contribution in [1.82, 2.24) is 9.80 Å². The van der Waals surface area contributed by atoms with E-state index in [4.69, 9.17) is 0 Å². The third-order valence-electron chi connectivity index (χ3n) is 4.75.